The third-order valence-electron chi connectivity index (χ3n) is 5.32. The molecule has 0 saturated heterocycles. The molecule has 1 amide bonds. The number of nitrogens with one attached hydrogen (secondary N) is 1. The number of rotatable bonds is 4. The second-order valence-electron chi connectivity index (χ2n) is 7.45. The average molecular weight is 435 g/mol. The second kappa shape index (κ2) is 8.05. The minimum atomic E-state index is -4.76. The predicted molar refractivity (Wildman–Crippen MR) is 102 cm³/mol. The van der Waals surface area contributed by atoms with Crippen LogP contribution in [-0.4, -0.2) is 31.9 Å². The van der Waals surface area contributed by atoms with Crippen LogP contribution in [0, 0.1) is 11.7 Å². The van der Waals surface area contributed by atoms with Gasteiger partial charge in [0, 0.05) is 23.6 Å². The van der Waals surface area contributed by atoms with Gasteiger partial charge in [0.15, 0.2) is 5.69 Å². The number of aldehydes is 1. The fourth-order valence-corrected chi connectivity index (χ4v) is 3.65. The van der Waals surface area contributed by atoms with E-state index in [1.807, 2.05) is 0 Å². The normalized spacial score (nSPS) is 19.4. The van der Waals surface area contributed by atoms with Crippen LogP contribution >= 0.6 is 0 Å². The maximum atomic E-state index is 14.5. The molecule has 0 spiro atoms. The average Bonchev–Trinajstić information content (AvgIpc) is 3.16. The van der Waals surface area contributed by atoms with Crippen molar-refractivity contribution < 1.29 is 27.2 Å². The first-order valence-electron chi connectivity index (χ1n) is 9.59. The molecule has 4 rings (SSSR count). The fraction of sp³-hybridized carbons (Fsp3) is 0.350. The van der Waals surface area contributed by atoms with E-state index in [-0.39, 0.29) is 17.6 Å². The molecule has 11 heteroatoms. The molecular weight excluding hydrogens is 418 g/mol. The van der Waals surface area contributed by atoms with Crippen LogP contribution in [0.3, 0.4) is 0 Å². The Morgan fingerprint density at radius 2 is 1.90 bits per heavy atom. The van der Waals surface area contributed by atoms with Crippen LogP contribution in [0.15, 0.2) is 30.7 Å². The van der Waals surface area contributed by atoms with Gasteiger partial charge in [-0.15, -0.1) is 0 Å². The lowest BCUT2D eigenvalue weighted by atomic mass is 9.87. The standard InChI is InChI=1S/C20H17F4N5O2/c21-14-6-15-12(9-29(28-15)13-3-1-11(10-30)2-4-13)5-16(14)27-19(31)17-7-25-8-18(26-17)20(22,23)24/h5-11,13H,1-4H2,(H,27,31). The predicted octanol–water partition coefficient (Wildman–Crippen LogP) is 4.17. The highest BCUT2D eigenvalue weighted by Gasteiger charge is 2.33. The maximum absolute atomic E-state index is 14.5. The molecule has 162 valence electrons. The zero-order chi connectivity index (χ0) is 22.2. The minimum absolute atomic E-state index is 0.0550. The highest BCUT2D eigenvalue weighted by atomic mass is 19.4. The van der Waals surface area contributed by atoms with Crippen LogP contribution in [0.1, 0.15) is 47.9 Å². The number of benzene rings is 1. The van der Waals surface area contributed by atoms with Crippen molar-refractivity contribution in [3.05, 3.63) is 47.9 Å². The molecule has 1 aromatic carbocycles. The molecule has 0 radical (unpaired) electrons. The van der Waals surface area contributed by atoms with Gasteiger partial charge in [-0.2, -0.15) is 18.3 Å². The van der Waals surface area contributed by atoms with Gasteiger partial charge in [0.05, 0.1) is 29.6 Å². The van der Waals surface area contributed by atoms with Crippen molar-refractivity contribution in [2.75, 3.05) is 5.32 Å². The number of hydrogen-bond acceptors (Lipinski definition) is 5. The quantitative estimate of drug-likeness (QED) is 0.491. The summed E-state index contributed by atoms with van der Waals surface area (Å²) in [5, 5.41) is 7.19. The van der Waals surface area contributed by atoms with E-state index >= 15 is 0 Å². The molecule has 0 atom stereocenters. The van der Waals surface area contributed by atoms with Crippen molar-refractivity contribution in [3.8, 4) is 0 Å². The Morgan fingerprint density at radius 1 is 1.16 bits per heavy atom. The van der Waals surface area contributed by atoms with Gasteiger partial charge in [0.1, 0.15) is 17.8 Å². The van der Waals surface area contributed by atoms with Crippen molar-refractivity contribution in [1.29, 1.82) is 0 Å². The molecule has 0 unspecified atom stereocenters. The molecule has 7 nitrogen and oxygen atoms in total. The third-order valence-corrected chi connectivity index (χ3v) is 5.32. The van der Waals surface area contributed by atoms with Crippen LogP contribution in [0.25, 0.3) is 10.9 Å². The van der Waals surface area contributed by atoms with Gasteiger partial charge in [0.25, 0.3) is 5.91 Å². The fourth-order valence-electron chi connectivity index (χ4n) is 3.65. The highest BCUT2D eigenvalue weighted by Crippen LogP contribution is 2.32. The Balaban J connectivity index is 1.55. The Kier molecular flexibility index (Phi) is 5.42. The van der Waals surface area contributed by atoms with Crippen molar-refractivity contribution >= 4 is 28.8 Å². The summed E-state index contributed by atoms with van der Waals surface area (Å²) in [6.07, 6.45) is 2.38. The summed E-state index contributed by atoms with van der Waals surface area (Å²) >= 11 is 0. The molecule has 3 aromatic rings. The number of alkyl halides is 3. The number of halogens is 4. The highest BCUT2D eigenvalue weighted by molar-refractivity contribution is 6.03. The molecule has 1 fully saturated rings. The first kappa shape index (κ1) is 20.9. The van der Waals surface area contributed by atoms with Crippen LogP contribution in [0.5, 0.6) is 0 Å². The van der Waals surface area contributed by atoms with Crippen molar-refractivity contribution in [2.24, 2.45) is 5.92 Å². The summed E-state index contributed by atoms with van der Waals surface area (Å²) in [6, 6.07) is 2.60. The van der Waals surface area contributed by atoms with E-state index in [4.69, 9.17) is 0 Å². The number of carbonyl (C=O) groups is 2. The molecular formula is C20H17F4N5O2. The van der Waals surface area contributed by atoms with Gasteiger partial charge in [-0.3, -0.25) is 14.5 Å². The summed E-state index contributed by atoms with van der Waals surface area (Å²) in [7, 11) is 0. The number of nitrogens with zero attached hydrogens (tertiary/aromatic N) is 4. The monoisotopic (exact) mass is 435 g/mol. The summed E-state index contributed by atoms with van der Waals surface area (Å²) in [4.78, 5) is 29.8. The van der Waals surface area contributed by atoms with Crippen LogP contribution < -0.4 is 5.32 Å². The van der Waals surface area contributed by atoms with Gasteiger partial charge in [-0.25, -0.2) is 9.37 Å². The van der Waals surface area contributed by atoms with Gasteiger partial charge in [0.2, 0.25) is 0 Å². The Hall–Kier alpha value is -3.37. The summed E-state index contributed by atoms with van der Waals surface area (Å²) in [5.74, 6) is -1.74. The Bertz CT molecular complexity index is 1140. The first-order chi connectivity index (χ1) is 14.7. The minimum Gasteiger partial charge on any atom is -0.318 e. The van der Waals surface area contributed by atoms with Gasteiger partial charge < -0.3 is 10.1 Å². The lowest BCUT2D eigenvalue weighted by Crippen LogP contribution is -2.19. The van der Waals surface area contributed by atoms with E-state index in [0.29, 0.717) is 17.1 Å². The first-order valence-corrected chi connectivity index (χ1v) is 9.59. The smallest absolute Gasteiger partial charge is 0.318 e. The van der Waals surface area contributed by atoms with Crippen molar-refractivity contribution in [2.45, 2.75) is 37.9 Å². The number of carbonyl (C=O) groups excluding carboxylic acids is 2. The zero-order valence-electron chi connectivity index (χ0n) is 16.1. The number of aromatic nitrogens is 4. The maximum Gasteiger partial charge on any atom is 0.434 e. The summed E-state index contributed by atoms with van der Waals surface area (Å²) in [5.41, 5.74) is -1.73. The topological polar surface area (TPSA) is 89.8 Å². The largest absolute Gasteiger partial charge is 0.434 e. The van der Waals surface area contributed by atoms with Gasteiger partial charge >= 0.3 is 6.18 Å². The van der Waals surface area contributed by atoms with Crippen molar-refractivity contribution in [1.82, 2.24) is 19.7 Å². The molecule has 2 aromatic heterocycles. The molecule has 0 bridgehead atoms. The number of hydrogen-bond donors (Lipinski definition) is 1. The van der Waals surface area contributed by atoms with E-state index in [9.17, 15) is 27.2 Å². The summed E-state index contributed by atoms with van der Waals surface area (Å²) in [6.45, 7) is 0. The van der Waals surface area contributed by atoms with Crippen LogP contribution in [0.2, 0.25) is 0 Å². The molecule has 1 aliphatic carbocycles. The number of anilines is 1. The molecule has 1 N–H and O–H groups in total. The molecule has 1 aliphatic rings. The van der Waals surface area contributed by atoms with Gasteiger partial charge in [-0.1, -0.05) is 0 Å². The lowest BCUT2D eigenvalue weighted by Gasteiger charge is -2.25. The molecule has 31 heavy (non-hydrogen) atoms. The van der Waals surface area contributed by atoms with E-state index in [0.717, 1.165) is 44.2 Å². The van der Waals surface area contributed by atoms with E-state index < -0.39 is 29.3 Å². The van der Waals surface area contributed by atoms with E-state index in [2.05, 4.69) is 20.4 Å². The summed E-state index contributed by atoms with van der Waals surface area (Å²) < 4.78 is 54.5. The van der Waals surface area contributed by atoms with E-state index in [1.165, 1.54) is 6.07 Å². The number of fused-ring (bicyclic) bond motifs is 1. The second-order valence-corrected chi connectivity index (χ2v) is 7.45. The van der Waals surface area contributed by atoms with Crippen LogP contribution in [-0.2, 0) is 11.0 Å². The molecule has 1 saturated carbocycles. The lowest BCUT2D eigenvalue weighted by molar-refractivity contribution is -0.141. The van der Waals surface area contributed by atoms with E-state index in [1.54, 1.807) is 10.9 Å². The zero-order valence-corrected chi connectivity index (χ0v) is 16.1. The van der Waals surface area contributed by atoms with Crippen molar-refractivity contribution in [3.63, 3.8) is 0 Å². The third kappa shape index (κ3) is 4.39. The van der Waals surface area contributed by atoms with Gasteiger partial charge in [-0.05, 0) is 31.7 Å². The number of amides is 1. The Morgan fingerprint density at radius 3 is 2.58 bits per heavy atom. The molecule has 0 aliphatic heterocycles. The van der Waals surface area contributed by atoms with Crippen LogP contribution in [0.4, 0.5) is 23.2 Å². The molecule has 2 heterocycles. The SMILES string of the molecule is O=CC1CCC(n2cc3cc(NC(=O)c4cncc(C(F)(F)F)n4)c(F)cc3n2)CC1. The Labute approximate surface area is 173 Å².